The molecule has 13 heteroatoms. The molecule has 0 aliphatic carbocycles. The number of urea groups is 1. The van der Waals surface area contributed by atoms with Gasteiger partial charge in [-0.2, -0.15) is 0 Å². The monoisotopic (exact) mass is 670 g/mol. The highest BCUT2D eigenvalue weighted by Gasteiger charge is 2.37. The van der Waals surface area contributed by atoms with Crippen LogP contribution in [0, 0.1) is 24.0 Å². The predicted octanol–water partition coefficient (Wildman–Crippen LogP) is 5.42. The third-order valence-corrected chi connectivity index (χ3v) is 6.94. The first-order valence-corrected chi connectivity index (χ1v) is 13.2. The molecular formula is C27H20Br2N4O7. The lowest BCUT2D eigenvalue weighted by atomic mass is 10.1. The molecule has 1 heterocycles. The van der Waals surface area contributed by atoms with Crippen molar-refractivity contribution < 1.29 is 28.8 Å². The van der Waals surface area contributed by atoms with Gasteiger partial charge in [-0.05, 0) is 98.8 Å². The van der Waals surface area contributed by atoms with Crippen LogP contribution in [-0.4, -0.2) is 35.3 Å². The van der Waals surface area contributed by atoms with Gasteiger partial charge in [0, 0.05) is 17.8 Å². The number of nitrogens with zero attached hydrogens (tertiary/aromatic N) is 2. The fourth-order valence-corrected chi connectivity index (χ4v) is 5.23. The number of rotatable bonds is 7. The molecular weight excluding hydrogens is 652 g/mol. The Bertz CT molecular complexity index is 1580. The summed E-state index contributed by atoms with van der Waals surface area (Å²) in [5, 5.41) is 15.8. The van der Waals surface area contributed by atoms with Crippen molar-refractivity contribution in [2.45, 2.75) is 13.8 Å². The highest BCUT2D eigenvalue weighted by atomic mass is 79.9. The minimum atomic E-state index is -0.980. The van der Waals surface area contributed by atoms with Gasteiger partial charge in [0.1, 0.15) is 11.3 Å². The van der Waals surface area contributed by atoms with E-state index in [1.54, 1.807) is 12.1 Å². The lowest BCUT2D eigenvalue weighted by molar-refractivity contribution is -0.384. The van der Waals surface area contributed by atoms with E-state index in [2.05, 4.69) is 42.5 Å². The van der Waals surface area contributed by atoms with E-state index >= 15 is 0 Å². The summed E-state index contributed by atoms with van der Waals surface area (Å²) in [6.07, 6.45) is 1.29. The van der Waals surface area contributed by atoms with Crippen LogP contribution in [-0.2, 0) is 14.4 Å². The van der Waals surface area contributed by atoms with Gasteiger partial charge in [0.25, 0.3) is 23.4 Å². The average Bonchev–Trinajstić information content (AvgIpc) is 2.88. The Balaban J connectivity index is 1.52. The summed E-state index contributed by atoms with van der Waals surface area (Å²) < 4.78 is 6.56. The van der Waals surface area contributed by atoms with Crippen LogP contribution in [0.4, 0.5) is 21.9 Å². The molecule has 0 radical (unpaired) electrons. The SMILES string of the molecule is Cc1ccc(C)c(NC(=O)COc2c(Br)cc(/C=C3/C(=O)NC(=O)N(c4ccc([N+](=O)[O-])cc4)C3=O)cc2Br)c1. The molecule has 11 nitrogen and oxygen atoms in total. The maximum absolute atomic E-state index is 13.1. The molecule has 0 spiro atoms. The molecule has 3 aromatic carbocycles. The molecule has 0 saturated carbocycles. The van der Waals surface area contributed by atoms with E-state index < -0.39 is 22.8 Å². The van der Waals surface area contributed by atoms with E-state index in [1.165, 1.54) is 18.2 Å². The first-order chi connectivity index (χ1) is 18.9. The molecule has 0 unspecified atom stereocenters. The Labute approximate surface area is 244 Å². The number of anilines is 2. The predicted molar refractivity (Wildman–Crippen MR) is 154 cm³/mol. The van der Waals surface area contributed by atoms with Crippen LogP contribution in [0.5, 0.6) is 5.75 Å². The summed E-state index contributed by atoms with van der Waals surface area (Å²) in [6.45, 7) is 3.53. The molecule has 0 atom stereocenters. The van der Waals surface area contributed by atoms with Gasteiger partial charge in [-0.15, -0.1) is 0 Å². The standard InChI is InChI=1S/C27H20Br2N4O7/c1-14-3-4-15(2)22(9-14)30-23(34)13-40-24-20(28)11-16(12-21(24)29)10-19-25(35)31-27(37)32(26(19)36)17-5-7-18(8-6-17)33(38)39/h3-12H,13H2,1-2H3,(H,30,34)(H,31,35,37)/b19-10-. The van der Waals surface area contributed by atoms with Gasteiger partial charge in [0.05, 0.1) is 19.6 Å². The minimum Gasteiger partial charge on any atom is -0.481 e. The number of nitrogens with one attached hydrogen (secondary N) is 2. The molecule has 2 N–H and O–H groups in total. The highest BCUT2D eigenvalue weighted by molar-refractivity contribution is 9.11. The Hall–Kier alpha value is -4.36. The number of nitro groups is 1. The van der Waals surface area contributed by atoms with Gasteiger partial charge >= 0.3 is 6.03 Å². The lowest BCUT2D eigenvalue weighted by Crippen LogP contribution is -2.54. The number of carbonyl (C=O) groups is 4. The number of barbiturate groups is 1. The van der Waals surface area contributed by atoms with Crippen molar-refractivity contribution in [3.05, 3.63) is 95.9 Å². The third-order valence-electron chi connectivity index (χ3n) is 5.77. The zero-order chi connectivity index (χ0) is 29.1. The summed E-state index contributed by atoms with van der Waals surface area (Å²) in [5.74, 6) is -1.85. The van der Waals surface area contributed by atoms with Gasteiger partial charge in [0.15, 0.2) is 6.61 Å². The minimum absolute atomic E-state index is 0.0525. The van der Waals surface area contributed by atoms with Crippen molar-refractivity contribution >= 4 is 78.8 Å². The van der Waals surface area contributed by atoms with Crippen LogP contribution in [0.15, 0.2) is 69.1 Å². The molecule has 4 rings (SSSR count). The Morgan fingerprint density at radius 2 is 1.70 bits per heavy atom. The summed E-state index contributed by atoms with van der Waals surface area (Å²) >= 11 is 6.77. The van der Waals surface area contributed by atoms with Crippen molar-refractivity contribution in [2.75, 3.05) is 16.8 Å². The second kappa shape index (κ2) is 11.8. The first-order valence-electron chi connectivity index (χ1n) is 11.6. The van der Waals surface area contributed by atoms with E-state index in [9.17, 15) is 29.3 Å². The number of imide groups is 2. The number of hydrogen-bond donors (Lipinski definition) is 2. The molecule has 40 heavy (non-hydrogen) atoms. The molecule has 0 bridgehead atoms. The van der Waals surface area contributed by atoms with Gasteiger partial charge in [-0.3, -0.25) is 29.8 Å². The van der Waals surface area contributed by atoms with Crippen molar-refractivity contribution in [3.63, 3.8) is 0 Å². The normalized spacial score (nSPS) is 14.2. The first kappa shape index (κ1) is 28.6. The molecule has 1 aliphatic heterocycles. The summed E-state index contributed by atoms with van der Waals surface area (Å²) in [6, 6.07) is 12.6. The van der Waals surface area contributed by atoms with Crippen LogP contribution < -0.4 is 20.3 Å². The molecule has 5 amide bonds. The van der Waals surface area contributed by atoms with Gasteiger partial charge in [-0.25, -0.2) is 9.69 Å². The molecule has 204 valence electrons. The second-order valence-electron chi connectivity index (χ2n) is 8.70. The van der Waals surface area contributed by atoms with E-state index in [-0.39, 0.29) is 29.5 Å². The number of amides is 5. The van der Waals surface area contributed by atoms with Crippen LogP contribution in [0.2, 0.25) is 0 Å². The quantitative estimate of drug-likeness (QED) is 0.147. The lowest BCUT2D eigenvalue weighted by Gasteiger charge is -2.26. The van der Waals surface area contributed by atoms with Crippen LogP contribution in [0.25, 0.3) is 6.08 Å². The molecule has 1 saturated heterocycles. The summed E-state index contributed by atoms with van der Waals surface area (Å²) in [7, 11) is 0. The number of benzene rings is 3. The Morgan fingerprint density at radius 3 is 2.33 bits per heavy atom. The van der Waals surface area contributed by atoms with E-state index in [0.29, 0.717) is 30.8 Å². The van der Waals surface area contributed by atoms with Crippen molar-refractivity contribution in [1.82, 2.24) is 5.32 Å². The smallest absolute Gasteiger partial charge is 0.335 e. The molecule has 1 aliphatic rings. The Kier molecular flexibility index (Phi) is 8.45. The van der Waals surface area contributed by atoms with Gasteiger partial charge in [0.2, 0.25) is 0 Å². The third kappa shape index (κ3) is 6.26. The van der Waals surface area contributed by atoms with Gasteiger partial charge in [-0.1, -0.05) is 12.1 Å². The van der Waals surface area contributed by atoms with E-state index in [1.807, 2.05) is 32.0 Å². The fraction of sp³-hybridized carbons (Fsp3) is 0.111. The second-order valence-corrected chi connectivity index (χ2v) is 10.4. The molecule has 0 aromatic heterocycles. The fourth-order valence-electron chi connectivity index (χ4n) is 3.78. The maximum Gasteiger partial charge on any atom is 0.335 e. The molecule has 3 aromatic rings. The number of aryl methyl sites for hydroxylation is 2. The topological polar surface area (TPSA) is 148 Å². The zero-order valence-electron chi connectivity index (χ0n) is 21.0. The van der Waals surface area contributed by atoms with Crippen LogP contribution >= 0.6 is 31.9 Å². The maximum atomic E-state index is 13.1. The summed E-state index contributed by atoms with van der Waals surface area (Å²) in [4.78, 5) is 61.6. The van der Waals surface area contributed by atoms with E-state index in [4.69, 9.17) is 4.74 Å². The largest absolute Gasteiger partial charge is 0.481 e. The van der Waals surface area contributed by atoms with Crippen molar-refractivity contribution in [2.24, 2.45) is 0 Å². The average molecular weight is 672 g/mol. The Morgan fingerprint density at radius 1 is 1.05 bits per heavy atom. The number of non-ortho nitro benzene ring substituents is 1. The zero-order valence-corrected chi connectivity index (χ0v) is 24.2. The number of nitro benzene ring substituents is 1. The number of halogens is 2. The highest BCUT2D eigenvalue weighted by Crippen LogP contribution is 2.36. The summed E-state index contributed by atoms with van der Waals surface area (Å²) in [5.41, 5.74) is 2.50. The van der Waals surface area contributed by atoms with Crippen molar-refractivity contribution in [3.8, 4) is 5.75 Å². The number of carbonyl (C=O) groups excluding carboxylic acids is 4. The van der Waals surface area contributed by atoms with Gasteiger partial charge < -0.3 is 10.1 Å². The van der Waals surface area contributed by atoms with E-state index in [0.717, 1.165) is 23.3 Å². The number of hydrogen-bond acceptors (Lipinski definition) is 7. The molecule has 1 fully saturated rings. The van der Waals surface area contributed by atoms with Crippen LogP contribution in [0.3, 0.4) is 0 Å². The van der Waals surface area contributed by atoms with Crippen molar-refractivity contribution in [1.29, 1.82) is 0 Å². The van der Waals surface area contributed by atoms with Crippen LogP contribution in [0.1, 0.15) is 16.7 Å². The number of ether oxygens (including phenoxy) is 1.